The van der Waals surface area contributed by atoms with Gasteiger partial charge in [-0.2, -0.15) is 0 Å². The predicted octanol–water partition coefficient (Wildman–Crippen LogP) is 3.34. The van der Waals surface area contributed by atoms with Crippen LogP contribution in [0.5, 0.6) is 0 Å². The zero-order valence-corrected chi connectivity index (χ0v) is 14.3. The normalized spacial score (nSPS) is 23.8. The molecule has 3 aromatic rings. The number of nitrogens with one attached hydrogen (secondary N) is 1. The minimum absolute atomic E-state index is 0.118. The molecule has 0 aliphatic heterocycles. The van der Waals surface area contributed by atoms with E-state index in [1.54, 1.807) is 6.07 Å². The van der Waals surface area contributed by atoms with Gasteiger partial charge in [0.1, 0.15) is 6.20 Å². The van der Waals surface area contributed by atoms with Crippen molar-refractivity contribution >= 4 is 17.3 Å². The van der Waals surface area contributed by atoms with Crippen molar-refractivity contribution in [2.24, 2.45) is 5.92 Å². The second kappa shape index (κ2) is 5.52. The van der Waals surface area contributed by atoms with E-state index in [9.17, 15) is 10.1 Å². The molecule has 2 aliphatic rings. The van der Waals surface area contributed by atoms with Crippen LogP contribution < -0.4 is 5.32 Å². The van der Waals surface area contributed by atoms with Crippen LogP contribution in [0, 0.1) is 16.0 Å². The van der Waals surface area contributed by atoms with Crippen LogP contribution in [-0.2, 0) is 11.8 Å². The molecule has 7 heteroatoms. The largest absolute Gasteiger partial charge is 0.368 e. The third-order valence-electron chi connectivity index (χ3n) is 5.92. The second-order valence-corrected chi connectivity index (χ2v) is 7.31. The predicted molar refractivity (Wildman–Crippen MR) is 97.3 cm³/mol. The quantitative estimate of drug-likeness (QED) is 0.577. The third kappa shape index (κ3) is 2.27. The highest BCUT2D eigenvalue weighted by Crippen LogP contribution is 2.60. The summed E-state index contributed by atoms with van der Waals surface area (Å²) in [7, 11) is 0. The van der Waals surface area contributed by atoms with Crippen LogP contribution in [-0.4, -0.2) is 26.1 Å². The summed E-state index contributed by atoms with van der Waals surface area (Å²) in [5, 5.41) is 18.8. The van der Waals surface area contributed by atoms with Crippen LogP contribution in [0.1, 0.15) is 30.4 Å². The number of hydrogen-bond acceptors (Lipinski definition) is 5. The highest BCUT2D eigenvalue weighted by Gasteiger charge is 2.55. The van der Waals surface area contributed by atoms with Gasteiger partial charge in [-0.3, -0.25) is 0 Å². The van der Waals surface area contributed by atoms with E-state index in [2.05, 4.69) is 39.7 Å². The van der Waals surface area contributed by atoms with Gasteiger partial charge in [0, 0.05) is 18.0 Å². The minimum atomic E-state index is -0.467. The Hall–Kier alpha value is -2.96. The van der Waals surface area contributed by atoms with Gasteiger partial charge >= 0.3 is 5.82 Å². The second-order valence-electron chi connectivity index (χ2n) is 7.31. The summed E-state index contributed by atoms with van der Waals surface area (Å²) in [5.41, 5.74) is 3.81. The Labute approximate surface area is 150 Å². The monoisotopic (exact) mass is 349 g/mol. The van der Waals surface area contributed by atoms with Crippen molar-refractivity contribution in [1.29, 1.82) is 0 Å². The molecule has 1 fully saturated rings. The van der Waals surface area contributed by atoms with Crippen molar-refractivity contribution in [3.05, 3.63) is 63.8 Å². The van der Waals surface area contributed by atoms with Crippen LogP contribution in [0.25, 0.3) is 5.65 Å². The molecule has 2 heterocycles. The number of nitrogens with zero attached hydrogens (tertiary/aromatic N) is 4. The average molecular weight is 349 g/mol. The zero-order chi connectivity index (χ0) is 17.7. The minimum Gasteiger partial charge on any atom is -0.367 e. The molecule has 26 heavy (non-hydrogen) atoms. The summed E-state index contributed by atoms with van der Waals surface area (Å²) >= 11 is 0. The number of anilines is 1. The maximum absolute atomic E-state index is 11.1. The Morgan fingerprint density at radius 1 is 1.31 bits per heavy atom. The van der Waals surface area contributed by atoms with Gasteiger partial charge in [0.05, 0.1) is 0 Å². The van der Waals surface area contributed by atoms with E-state index in [0.29, 0.717) is 22.8 Å². The van der Waals surface area contributed by atoms with Crippen LogP contribution >= 0.6 is 0 Å². The molecule has 1 aromatic carbocycles. The Morgan fingerprint density at radius 2 is 2.19 bits per heavy atom. The number of aromatic nitrogens is 3. The van der Waals surface area contributed by atoms with E-state index >= 15 is 0 Å². The van der Waals surface area contributed by atoms with Crippen molar-refractivity contribution in [1.82, 2.24) is 14.6 Å². The lowest BCUT2D eigenvalue weighted by atomic mass is 9.78. The number of rotatable bonds is 4. The molecule has 1 N–H and O–H groups in total. The van der Waals surface area contributed by atoms with Gasteiger partial charge < -0.3 is 15.4 Å². The van der Waals surface area contributed by atoms with Crippen LogP contribution in [0.15, 0.2) is 42.6 Å². The number of hydrogen-bond donors (Lipinski definition) is 1. The molecule has 2 atom stereocenters. The standard InChI is InChI=1S/C19H19N5O2/c25-24(26)18-12-21-17-8-7-16(22-23(17)18)20-11-14-10-19(14)9-3-5-13-4-1-2-6-15(13)19/h1-2,4,6-8,12,14H,3,5,9-11H2,(H,20,22). The van der Waals surface area contributed by atoms with Crippen molar-refractivity contribution in [2.75, 3.05) is 11.9 Å². The number of benzene rings is 1. The number of fused-ring (bicyclic) bond motifs is 3. The Bertz CT molecular complexity index is 1010. The summed E-state index contributed by atoms with van der Waals surface area (Å²) in [6, 6.07) is 12.4. The molecule has 7 nitrogen and oxygen atoms in total. The molecule has 2 aromatic heterocycles. The fourth-order valence-corrected chi connectivity index (χ4v) is 4.55. The lowest BCUT2D eigenvalue weighted by molar-refractivity contribution is -0.391. The molecule has 1 spiro atoms. The van der Waals surface area contributed by atoms with E-state index in [-0.39, 0.29) is 5.82 Å². The first-order valence-corrected chi connectivity index (χ1v) is 8.99. The lowest BCUT2D eigenvalue weighted by Gasteiger charge is -2.26. The first-order chi connectivity index (χ1) is 12.7. The van der Waals surface area contributed by atoms with Crippen molar-refractivity contribution < 1.29 is 4.92 Å². The number of aryl methyl sites for hydroxylation is 1. The third-order valence-corrected chi connectivity index (χ3v) is 5.92. The molecule has 0 saturated heterocycles. The molecule has 5 rings (SSSR count). The van der Waals surface area contributed by atoms with Crippen molar-refractivity contribution in [2.45, 2.75) is 31.1 Å². The van der Waals surface area contributed by atoms with Crippen molar-refractivity contribution in [3.63, 3.8) is 0 Å². The molecule has 0 bridgehead atoms. The first-order valence-electron chi connectivity index (χ1n) is 8.99. The molecular weight excluding hydrogens is 330 g/mol. The van der Waals surface area contributed by atoms with Crippen LogP contribution in [0.2, 0.25) is 0 Å². The summed E-state index contributed by atoms with van der Waals surface area (Å²) < 4.78 is 1.28. The Morgan fingerprint density at radius 3 is 3.08 bits per heavy atom. The maximum atomic E-state index is 11.1. The highest BCUT2D eigenvalue weighted by molar-refractivity contribution is 5.49. The highest BCUT2D eigenvalue weighted by atomic mass is 16.6. The van der Waals surface area contributed by atoms with Gasteiger partial charge in [-0.25, -0.2) is 4.98 Å². The van der Waals surface area contributed by atoms with Gasteiger partial charge in [0.25, 0.3) is 0 Å². The Balaban J connectivity index is 1.35. The SMILES string of the molecule is O=[N+]([O-])c1cnc2ccc(NCC3CC34CCCc3ccccc34)nn12. The molecule has 1 saturated carbocycles. The summed E-state index contributed by atoms with van der Waals surface area (Å²) in [6.45, 7) is 0.829. The fourth-order valence-electron chi connectivity index (χ4n) is 4.55. The van der Waals surface area contributed by atoms with Crippen molar-refractivity contribution in [3.8, 4) is 0 Å². The van der Waals surface area contributed by atoms with Crippen LogP contribution in [0.4, 0.5) is 11.6 Å². The summed E-state index contributed by atoms with van der Waals surface area (Å²) in [4.78, 5) is 14.6. The molecular formula is C19H19N5O2. The molecule has 2 aliphatic carbocycles. The first kappa shape index (κ1) is 15.3. The average Bonchev–Trinajstić information content (AvgIpc) is 3.16. The number of nitro groups is 1. The van der Waals surface area contributed by atoms with E-state index in [1.165, 1.54) is 47.5 Å². The van der Waals surface area contributed by atoms with Gasteiger partial charge in [-0.15, -0.1) is 0 Å². The van der Waals surface area contributed by atoms with Gasteiger partial charge in [0.2, 0.25) is 5.65 Å². The molecule has 0 amide bonds. The molecule has 2 unspecified atom stereocenters. The smallest absolute Gasteiger partial charge is 0.367 e. The topological polar surface area (TPSA) is 85.4 Å². The van der Waals surface area contributed by atoms with Crippen LogP contribution in [0.3, 0.4) is 0 Å². The van der Waals surface area contributed by atoms with E-state index in [4.69, 9.17) is 0 Å². The summed E-state index contributed by atoms with van der Waals surface area (Å²) in [6.07, 6.45) is 6.11. The van der Waals surface area contributed by atoms with E-state index in [1.807, 2.05) is 6.07 Å². The zero-order valence-electron chi connectivity index (χ0n) is 14.3. The summed E-state index contributed by atoms with van der Waals surface area (Å²) in [5.74, 6) is 1.11. The van der Waals surface area contributed by atoms with E-state index in [0.717, 1.165) is 6.54 Å². The lowest BCUT2D eigenvalue weighted by Crippen LogP contribution is -2.21. The number of imidazole rings is 1. The maximum Gasteiger partial charge on any atom is 0.368 e. The van der Waals surface area contributed by atoms with Gasteiger partial charge in [-0.1, -0.05) is 33.9 Å². The van der Waals surface area contributed by atoms with Gasteiger partial charge in [0.15, 0.2) is 5.82 Å². The van der Waals surface area contributed by atoms with E-state index < -0.39 is 4.92 Å². The molecule has 132 valence electrons. The molecule has 0 radical (unpaired) electrons. The van der Waals surface area contributed by atoms with Gasteiger partial charge in [-0.05, 0) is 53.7 Å². The fraction of sp³-hybridized carbons (Fsp3) is 0.368. The Kier molecular flexibility index (Phi) is 3.25.